The van der Waals surface area contributed by atoms with Crippen LogP contribution in [0.5, 0.6) is 0 Å². The predicted molar refractivity (Wildman–Crippen MR) is 63.8 cm³/mol. The van der Waals surface area contributed by atoms with E-state index in [2.05, 4.69) is 35.1 Å². The largest absolute Gasteiger partial charge is 0.349 e. The number of carbonyl (C=O) groups is 1. The lowest BCUT2D eigenvalue weighted by Crippen LogP contribution is -2.35. The second-order valence-corrected chi connectivity index (χ2v) is 6.07. The van der Waals surface area contributed by atoms with Crippen LogP contribution in [0.2, 0.25) is 0 Å². The van der Waals surface area contributed by atoms with Crippen molar-refractivity contribution in [1.29, 1.82) is 0 Å². The minimum absolute atomic E-state index is 0.0156. The van der Waals surface area contributed by atoms with E-state index in [-0.39, 0.29) is 11.9 Å². The van der Waals surface area contributed by atoms with Gasteiger partial charge in [-0.25, -0.2) is 0 Å². The van der Waals surface area contributed by atoms with E-state index in [9.17, 15) is 4.79 Å². The molecular weight excluding hydrogens is 262 g/mol. The summed E-state index contributed by atoms with van der Waals surface area (Å²) in [4.78, 5) is 12.4. The first-order valence-electron chi connectivity index (χ1n) is 4.57. The molecule has 1 N–H and O–H groups in total. The first-order chi connectivity index (χ1) is 6.50. The molecule has 0 bridgehead atoms. The second kappa shape index (κ2) is 4.94. The van der Waals surface area contributed by atoms with E-state index in [0.29, 0.717) is 5.92 Å². The van der Waals surface area contributed by atoms with Crippen LogP contribution < -0.4 is 5.32 Å². The van der Waals surface area contributed by atoms with Crippen molar-refractivity contribution in [3.8, 4) is 0 Å². The molecule has 1 heterocycles. The number of carbonyl (C=O) groups excluding carboxylic acids is 1. The van der Waals surface area contributed by atoms with E-state index in [0.717, 1.165) is 8.66 Å². The summed E-state index contributed by atoms with van der Waals surface area (Å²) >= 11 is 4.79. The highest BCUT2D eigenvalue weighted by Gasteiger charge is 2.13. The van der Waals surface area contributed by atoms with Gasteiger partial charge in [-0.15, -0.1) is 11.3 Å². The molecule has 1 aromatic rings. The fourth-order valence-electron chi connectivity index (χ4n) is 0.881. The molecule has 14 heavy (non-hydrogen) atoms. The normalized spacial score (nSPS) is 12.9. The van der Waals surface area contributed by atoms with E-state index >= 15 is 0 Å². The highest BCUT2D eigenvalue weighted by Crippen LogP contribution is 2.22. The third-order valence-corrected chi connectivity index (χ3v) is 3.78. The van der Waals surface area contributed by atoms with Gasteiger partial charge in [0, 0.05) is 6.04 Å². The Kier molecular flexibility index (Phi) is 4.13. The first kappa shape index (κ1) is 11.7. The topological polar surface area (TPSA) is 29.1 Å². The Balaban J connectivity index is 2.59. The maximum absolute atomic E-state index is 11.7. The number of thiophene rings is 1. The quantitative estimate of drug-likeness (QED) is 0.901. The lowest BCUT2D eigenvalue weighted by Gasteiger charge is -2.16. The van der Waals surface area contributed by atoms with Crippen molar-refractivity contribution in [2.75, 3.05) is 0 Å². The number of nitrogens with one attached hydrogen (secondary N) is 1. The van der Waals surface area contributed by atoms with Crippen LogP contribution in [-0.2, 0) is 0 Å². The van der Waals surface area contributed by atoms with Crippen molar-refractivity contribution < 1.29 is 4.79 Å². The fourth-order valence-corrected chi connectivity index (χ4v) is 2.17. The molecule has 2 nitrogen and oxygen atoms in total. The summed E-state index contributed by atoms with van der Waals surface area (Å²) in [6, 6.07) is 3.93. The summed E-state index contributed by atoms with van der Waals surface area (Å²) < 4.78 is 0.986. The average Bonchev–Trinajstić information content (AvgIpc) is 2.51. The number of hydrogen-bond acceptors (Lipinski definition) is 2. The van der Waals surface area contributed by atoms with Gasteiger partial charge in [0.2, 0.25) is 0 Å². The van der Waals surface area contributed by atoms with Crippen molar-refractivity contribution in [3.05, 3.63) is 20.8 Å². The van der Waals surface area contributed by atoms with Gasteiger partial charge in [-0.1, -0.05) is 13.8 Å². The van der Waals surface area contributed by atoms with Crippen LogP contribution in [-0.4, -0.2) is 11.9 Å². The average molecular weight is 276 g/mol. The Morgan fingerprint density at radius 3 is 2.50 bits per heavy atom. The maximum Gasteiger partial charge on any atom is 0.261 e. The molecule has 1 aromatic heterocycles. The molecule has 0 saturated carbocycles. The molecule has 1 rings (SSSR count). The van der Waals surface area contributed by atoms with Crippen LogP contribution in [0.15, 0.2) is 15.9 Å². The molecule has 0 aliphatic heterocycles. The smallest absolute Gasteiger partial charge is 0.261 e. The summed E-state index contributed by atoms with van der Waals surface area (Å²) in [5.41, 5.74) is 0. The van der Waals surface area contributed by atoms with Crippen molar-refractivity contribution in [1.82, 2.24) is 5.32 Å². The van der Waals surface area contributed by atoms with Gasteiger partial charge in [0.05, 0.1) is 8.66 Å². The van der Waals surface area contributed by atoms with Gasteiger partial charge in [0.15, 0.2) is 0 Å². The summed E-state index contributed by atoms with van der Waals surface area (Å²) in [6.45, 7) is 6.20. The molecular formula is C10H14BrNOS. The minimum atomic E-state index is 0.0156. The van der Waals surface area contributed by atoms with E-state index in [1.54, 1.807) is 0 Å². The molecule has 0 aliphatic rings. The standard InChI is InChI=1S/C10H14BrNOS/c1-6(2)7(3)12-10(13)8-4-5-9(11)14-8/h4-7H,1-3H3,(H,12,13). The van der Waals surface area contributed by atoms with Crippen LogP contribution in [0.1, 0.15) is 30.4 Å². The summed E-state index contributed by atoms with van der Waals surface area (Å²) in [7, 11) is 0. The van der Waals surface area contributed by atoms with E-state index in [1.807, 2.05) is 19.1 Å². The Morgan fingerprint density at radius 2 is 2.07 bits per heavy atom. The monoisotopic (exact) mass is 275 g/mol. The van der Waals surface area contributed by atoms with Crippen LogP contribution in [0.25, 0.3) is 0 Å². The third kappa shape index (κ3) is 3.10. The van der Waals surface area contributed by atoms with Crippen molar-refractivity contribution in [2.24, 2.45) is 5.92 Å². The predicted octanol–water partition coefficient (Wildman–Crippen LogP) is 3.28. The van der Waals surface area contributed by atoms with E-state index in [4.69, 9.17) is 0 Å². The molecule has 1 amide bonds. The number of halogens is 1. The summed E-state index contributed by atoms with van der Waals surface area (Å²) in [5.74, 6) is 0.476. The highest BCUT2D eigenvalue weighted by molar-refractivity contribution is 9.11. The van der Waals surface area contributed by atoms with Gasteiger partial charge in [0.1, 0.15) is 0 Å². The van der Waals surface area contributed by atoms with Crippen LogP contribution in [0, 0.1) is 5.92 Å². The zero-order valence-corrected chi connectivity index (χ0v) is 10.9. The van der Waals surface area contributed by atoms with Crippen LogP contribution in [0.4, 0.5) is 0 Å². The number of amides is 1. The van der Waals surface area contributed by atoms with Gasteiger partial charge in [-0.3, -0.25) is 4.79 Å². The maximum atomic E-state index is 11.7. The second-order valence-electron chi connectivity index (χ2n) is 3.61. The SMILES string of the molecule is CC(C)C(C)NC(=O)c1ccc(Br)s1. The fraction of sp³-hybridized carbons (Fsp3) is 0.500. The molecule has 0 aliphatic carbocycles. The summed E-state index contributed by atoms with van der Waals surface area (Å²) in [6.07, 6.45) is 0. The molecule has 0 radical (unpaired) electrons. The minimum Gasteiger partial charge on any atom is -0.349 e. The molecule has 0 aromatic carbocycles. The molecule has 4 heteroatoms. The molecule has 0 spiro atoms. The third-order valence-electron chi connectivity index (χ3n) is 2.16. The lowest BCUT2D eigenvalue weighted by atomic mass is 10.1. The lowest BCUT2D eigenvalue weighted by molar-refractivity contribution is 0.0934. The van der Waals surface area contributed by atoms with Gasteiger partial charge in [-0.2, -0.15) is 0 Å². The van der Waals surface area contributed by atoms with Crippen LogP contribution in [0.3, 0.4) is 0 Å². The van der Waals surface area contributed by atoms with Gasteiger partial charge in [0.25, 0.3) is 5.91 Å². The number of hydrogen-bond donors (Lipinski definition) is 1. The van der Waals surface area contributed by atoms with Crippen molar-refractivity contribution in [3.63, 3.8) is 0 Å². The van der Waals surface area contributed by atoms with Crippen molar-refractivity contribution in [2.45, 2.75) is 26.8 Å². The van der Waals surface area contributed by atoms with Gasteiger partial charge in [-0.05, 0) is 40.9 Å². The van der Waals surface area contributed by atoms with E-state index < -0.39 is 0 Å². The molecule has 78 valence electrons. The number of rotatable bonds is 3. The molecule has 0 fully saturated rings. The zero-order chi connectivity index (χ0) is 10.7. The Bertz CT molecular complexity index is 322. The zero-order valence-electron chi connectivity index (χ0n) is 8.50. The molecule has 1 atom stereocenters. The van der Waals surface area contributed by atoms with Gasteiger partial charge < -0.3 is 5.32 Å². The Hall–Kier alpha value is -0.350. The molecule has 0 saturated heterocycles. The highest BCUT2D eigenvalue weighted by atomic mass is 79.9. The molecule has 1 unspecified atom stereocenters. The Labute approximate surface area is 96.8 Å². The first-order valence-corrected chi connectivity index (χ1v) is 6.18. The summed E-state index contributed by atoms with van der Waals surface area (Å²) in [5, 5.41) is 2.96. The van der Waals surface area contributed by atoms with E-state index in [1.165, 1.54) is 11.3 Å². The van der Waals surface area contributed by atoms with Crippen LogP contribution >= 0.6 is 27.3 Å². The van der Waals surface area contributed by atoms with Crippen molar-refractivity contribution >= 4 is 33.2 Å². The van der Waals surface area contributed by atoms with Gasteiger partial charge >= 0.3 is 0 Å². The Morgan fingerprint density at radius 1 is 1.43 bits per heavy atom.